The number of amides is 3. The van der Waals surface area contributed by atoms with E-state index in [2.05, 4.69) is 15.0 Å². The number of carbonyl (C=O) groups excluding carboxylic acids is 2. The zero-order valence-electron chi connectivity index (χ0n) is 20.2. The summed E-state index contributed by atoms with van der Waals surface area (Å²) in [5, 5.41) is 0.771. The Morgan fingerprint density at radius 1 is 0.895 bits per heavy atom. The van der Waals surface area contributed by atoms with Crippen LogP contribution < -0.4 is 14.4 Å². The molecule has 1 aromatic carbocycles. The van der Waals surface area contributed by atoms with Gasteiger partial charge in [0.2, 0.25) is 5.88 Å². The number of urea groups is 1. The fourth-order valence-electron chi connectivity index (χ4n) is 4.94. The van der Waals surface area contributed by atoms with Crippen molar-refractivity contribution in [2.75, 3.05) is 11.4 Å². The molecule has 198 valence electrons. The summed E-state index contributed by atoms with van der Waals surface area (Å²) < 4.78 is 51.3. The van der Waals surface area contributed by atoms with Crippen molar-refractivity contribution >= 4 is 28.5 Å². The summed E-state index contributed by atoms with van der Waals surface area (Å²) in [6.07, 6.45) is 3.13. The number of imide groups is 1. The van der Waals surface area contributed by atoms with Crippen molar-refractivity contribution in [2.45, 2.75) is 63.0 Å². The van der Waals surface area contributed by atoms with Gasteiger partial charge in [-0.2, -0.15) is 13.2 Å². The Balaban J connectivity index is 1.10. The quantitative estimate of drug-likeness (QED) is 0.427. The van der Waals surface area contributed by atoms with Crippen molar-refractivity contribution in [3.63, 3.8) is 0 Å². The lowest BCUT2D eigenvalue weighted by Gasteiger charge is -2.33. The Morgan fingerprint density at radius 3 is 2.37 bits per heavy atom. The van der Waals surface area contributed by atoms with Gasteiger partial charge in [0, 0.05) is 18.3 Å². The summed E-state index contributed by atoms with van der Waals surface area (Å²) >= 11 is 0. The van der Waals surface area contributed by atoms with Gasteiger partial charge in [0.15, 0.2) is 0 Å². The Bertz CT molecular complexity index is 1390. The SMILES string of the molecule is O=C1CN(c2cncc(C(F)(F)F)c2)C(=O)N1C1CCC(Oc2ncnc3cc(OC4CC4)ccc23)CC1. The summed E-state index contributed by atoms with van der Waals surface area (Å²) in [5.41, 5.74) is -0.312. The Hall–Kier alpha value is -3.96. The second-order valence-electron chi connectivity index (χ2n) is 9.79. The molecule has 3 fully saturated rings. The van der Waals surface area contributed by atoms with Crippen molar-refractivity contribution in [3.8, 4) is 11.6 Å². The third-order valence-corrected chi connectivity index (χ3v) is 7.05. The Labute approximate surface area is 215 Å². The van der Waals surface area contributed by atoms with Crippen LogP contribution in [0.1, 0.15) is 44.1 Å². The van der Waals surface area contributed by atoms with Crippen molar-refractivity contribution in [1.82, 2.24) is 19.9 Å². The van der Waals surface area contributed by atoms with E-state index in [1.54, 1.807) is 0 Å². The average molecular weight is 528 g/mol. The maximum absolute atomic E-state index is 13.1. The van der Waals surface area contributed by atoms with E-state index in [0.29, 0.717) is 37.8 Å². The molecule has 0 unspecified atom stereocenters. The zero-order chi connectivity index (χ0) is 26.4. The van der Waals surface area contributed by atoms with E-state index in [1.165, 1.54) is 6.33 Å². The molecular formula is C26H24F3N5O4. The summed E-state index contributed by atoms with van der Waals surface area (Å²) in [6, 6.07) is 5.47. The highest BCUT2D eigenvalue weighted by Gasteiger charge is 2.43. The molecule has 12 heteroatoms. The molecule has 3 amide bonds. The number of pyridine rings is 1. The van der Waals surface area contributed by atoms with Crippen molar-refractivity contribution in [1.29, 1.82) is 0 Å². The lowest BCUT2D eigenvalue weighted by atomic mass is 9.92. The van der Waals surface area contributed by atoms with Crippen LogP contribution in [0.15, 0.2) is 43.0 Å². The summed E-state index contributed by atoms with van der Waals surface area (Å²) in [5.74, 6) is 0.788. The van der Waals surface area contributed by atoms with E-state index in [0.717, 1.165) is 51.6 Å². The van der Waals surface area contributed by atoms with E-state index in [-0.39, 0.29) is 30.5 Å². The number of alkyl halides is 3. The lowest BCUT2D eigenvalue weighted by molar-refractivity contribution is -0.137. The van der Waals surface area contributed by atoms with E-state index in [9.17, 15) is 22.8 Å². The highest BCUT2D eigenvalue weighted by Crippen LogP contribution is 2.35. The molecule has 3 heterocycles. The number of rotatable bonds is 6. The van der Waals surface area contributed by atoms with Gasteiger partial charge < -0.3 is 9.47 Å². The largest absolute Gasteiger partial charge is 0.490 e. The normalized spacial score (nSPS) is 22.3. The second kappa shape index (κ2) is 9.41. The average Bonchev–Trinajstić information content (AvgIpc) is 3.66. The lowest BCUT2D eigenvalue weighted by Crippen LogP contribution is -2.44. The number of fused-ring (bicyclic) bond motifs is 1. The molecule has 2 saturated carbocycles. The molecule has 1 aliphatic heterocycles. The fourth-order valence-corrected chi connectivity index (χ4v) is 4.94. The van der Waals surface area contributed by atoms with Crippen molar-refractivity contribution in [3.05, 3.63) is 48.5 Å². The second-order valence-corrected chi connectivity index (χ2v) is 9.79. The summed E-state index contributed by atoms with van der Waals surface area (Å²) in [6.45, 7) is -0.322. The minimum absolute atomic E-state index is 0.0565. The number of benzene rings is 1. The minimum Gasteiger partial charge on any atom is -0.490 e. The number of hydrogen-bond acceptors (Lipinski definition) is 7. The zero-order valence-corrected chi connectivity index (χ0v) is 20.2. The number of ether oxygens (including phenoxy) is 2. The topological polar surface area (TPSA) is 97.8 Å². The third-order valence-electron chi connectivity index (χ3n) is 7.05. The molecule has 0 atom stereocenters. The number of nitrogens with zero attached hydrogens (tertiary/aromatic N) is 5. The van der Waals surface area contributed by atoms with Gasteiger partial charge >= 0.3 is 12.2 Å². The number of aromatic nitrogens is 3. The van der Waals surface area contributed by atoms with Crippen LogP contribution in [0.4, 0.5) is 23.7 Å². The molecule has 6 rings (SSSR count). The first-order valence-corrected chi connectivity index (χ1v) is 12.5. The molecular weight excluding hydrogens is 503 g/mol. The molecule has 3 aliphatic rings. The van der Waals surface area contributed by atoms with E-state index in [1.807, 2.05) is 18.2 Å². The van der Waals surface area contributed by atoms with Gasteiger partial charge in [0.25, 0.3) is 5.91 Å². The standard InChI is InChI=1S/C26H24F3N5O4/c27-26(28,29)15-9-17(12-30-11-15)33-13-23(35)34(25(33)36)16-1-3-19(4-2-16)38-24-21-8-7-20(37-18-5-6-18)10-22(21)31-14-32-24/h7-12,14,16,18-19H,1-6,13H2. The van der Waals surface area contributed by atoms with Gasteiger partial charge in [-0.05, 0) is 56.7 Å². The molecule has 0 N–H and O–H groups in total. The Morgan fingerprint density at radius 2 is 1.63 bits per heavy atom. The predicted molar refractivity (Wildman–Crippen MR) is 129 cm³/mol. The van der Waals surface area contributed by atoms with Crippen LogP contribution in [-0.2, 0) is 11.0 Å². The molecule has 2 aromatic heterocycles. The number of hydrogen-bond donors (Lipinski definition) is 0. The van der Waals surface area contributed by atoms with Crippen LogP contribution in [0.2, 0.25) is 0 Å². The molecule has 0 radical (unpaired) electrons. The predicted octanol–water partition coefficient (Wildman–Crippen LogP) is 4.74. The Kier molecular flexibility index (Phi) is 6.04. The summed E-state index contributed by atoms with van der Waals surface area (Å²) in [7, 11) is 0. The van der Waals surface area contributed by atoms with Crippen LogP contribution in [0.25, 0.3) is 10.9 Å². The van der Waals surface area contributed by atoms with Crippen molar-refractivity contribution in [2.24, 2.45) is 0 Å². The van der Waals surface area contributed by atoms with Crippen molar-refractivity contribution < 1.29 is 32.2 Å². The number of halogens is 3. The molecule has 38 heavy (non-hydrogen) atoms. The van der Waals surface area contributed by atoms with Gasteiger partial charge in [-0.3, -0.25) is 19.6 Å². The number of anilines is 1. The maximum Gasteiger partial charge on any atom is 0.417 e. The highest BCUT2D eigenvalue weighted by atomic mass is 19.4. The smallest absolute Gasteiger partial charge is 0.417 e. The first-order valence-electron chi connectivity index (χ1n) is 12.5. The molecule has 3 aromatic rings. The van der Waals surface area contributed by atoms with E-state index in [4.69, 9.17) is 9.47 Å². The molecule has 1 saturated heterocycles. The minimum atomic E-state index is -4.60. The van der Waals surface area contributed by atoms with Gasteiger partial charge in [-0.1, -0.05) is 0 Å². The fraction of sp³-hybridized carbons (Fsp3) is 0.423. The van der Waals surface area contributed by atoms with E-state index >= 15 is 0 Å². The van der Waals surface area contributed by atoms with Gasteiger partial charge in [-0.25, -0.2) is 14.8 Å². The van der Waals surface area contributed by atoms with Crippen LogP contribution in [0.5, 0.6) is 11.6 Å². The van der Waals surface area contributed by atoms with Crippen LogP contribution >= 0.6 is 0 Å². The first-order chi connectivity index (χ1) is 18.3. The monoisotopic (exact) mass is 527 g/mol. The maximum atomic E-state index is 13.1. The highest BCUT2D eigenvalue weighted by molar-refractivity contribution is 6.12. The molecule has 0 spiro atoms. The molecule has 2 aliphatic carbocycles. The van der Waals surface area contributed by atoms with Crippen LogP contribution in [0.3, 0.4) is 0 Å². The van der Waals surface area contributed by atoms with Gasteiger partial charge in [0.05, 0.1) is 34.5 Å². The molecule has 0 bridgehead atoms. The number of carbonyl (C=O) groups is 2. The van der Waals surface area contributed by atoms with Gasteiger partial charge in [0.1, 0.15) is 24.7 Å². The first kappa shape index (κ1) is 24.4. The van der Waals surface area contributed by atoms with Crippen LogP contribution in [0, 0.1) is 0 Å². The summed E-state index contributed by atoms with van der Waals surface area (Å²) in [4.78, 5) is 40.2. The van der Waals surface area contributed by atoms with E-state index < -0.39 is 23.7 Å². The van der Waals surface area contributed by atoms with Crippen LogP contribution in [-0.4, -0.2) is 56.6 Å². The van der Waals surface area contributed by atoms with Gasteiger partial charge in [-0.15, -0.1) is 0 Å². The third kappa shape index (κ3) is 4.82. The molecule has 9 nitrogen and oxygen atoms in total.